The molecule has 3 atom stereocenters. The van der Waals surface area contributed by atoms with Crippen molar-refractivity contribution >= 4 is 21.4 Å². The minimum Gasteiger partial charge on any atom is -0.472 e. The molecule has 1 N–H and O–H groups in total. The van der Waals surface area contributed by atoms with Crippen LogP contribution < -0.4 is 15.0 Å². The van der Waals surface area contributed by atoms with Gasteiger partial charge in [0.1, 0.15) is 11.9 Å². The van der Waals surface area contributed by atoms with Gasteiger partial charge in [-0.3, -0.25) is 4.79 Å². The molecule has 1 saturated heterocycles. The summed E-state index contributed by atoms with van der Waals surface area (Å²) < 4.78 is 60.7. The van der Waals surface area contributed by atoms with E-state index in [-0.39, 0.29) is 29.8 Å². The Kier molecular flexibility index (Phi) is 10.3. The summed E-state index contributed by atoms with van der Waals surface area (Å²) in [6.07, 6.45) is 0.0646. The topological polar surface area (TPSA) is 135 Å². The van der Waals surface area contributed by atoms with Gasteiger partial charge in [0.25, 0.3) is 5.91 Å². The summed E-state index contributed by atoms with van der Waals surface area (Å²) in [5.41, 5.74) is 2.38. The third-order valence-electron chi connectivity index (χ3n) is 7.10. The van der Waals surface area contributed by atoms with Crippen LogP contribution in [0.4, 0.5) is 14.5 Å². The van der Waals surface area contributed by atoms with Gasteiger partial charge >= 0.3 is 6.61 Å². The van der Waals surface area contributed by atoms with Gasteiger partial charge in [-0.1, -0.05) is 19.1 Å². The van der Waals surface area contributed by atoms with E-state index >= 15 is 0 Å². The van der Waals surface area contributed by atoms with Crippen LogP contribution >= 0.6 is 0 Å². The van der Waals surface area contributed by atoms with Crippen molar-refractivity contribution < 1.29 is 31.5 Å². The number of carbonyl (C=O) groups excluding carboxylic acids is 1. The van der Waals surface area contributed by atoms with Crippen molar-refractivity contribution in [1.82, 2.24) is 15.3 Å². The molecule has 2 aromatic carbocycles. The lowest BCUT2D eigenvalue weighted by Crippen LogP contribution is -2.34. The Morgan fingerprint density at radius 2 is 1.84 bits per heavy atom. The van der Waals surface area contributed by atoms with Crippen molar-refractivity contribution in [1.29, 1.82) is 5.26 Å². The van der Waals surface area contributed by atoms with E-state index < -0.39 is 34.4 Å². The first-order valence-corrected chi connectivity index (χ1v) is 15.4. The second kappa shape index (κ2) is 13.9. The maximum atomic E-state index is 13.1. The molecule has 1 amide bonds. The second-order valence-electron chi connectivity index (χ2n) is 10.2. The average Bonchev–Trinajstić information content (AvgIpc) is 3.37. The molecule has 0 unspecified atom stereocenters. The number of amides is 1. The van der Waals surface area contributed by atoms with E-state index in [9.17, 15) is 27.3 Å². The van der Waals surface area contributed by atoms with Crippen LogP contribution in [0.15, 0.2) is 59.5 Å². The number of rotatable bonds is 12. The Morgan fingerprint density at radius 3 is 2.44 bits per heavy atom. The van der Waals surface area contributed by atoms with Gasteiger partial charge in [0, 0.05) is 29.4 Å². The van der Waals surface area contributed by atoms with Gasteiger partial charge in [-0.15, -0.1) is 0 Å². The van der Waals surface area contributed by atoms with E-state index in [1.165, 1.54) is 12.1 Å². The summed E-state index contributed by atoms with van der Waals surface area (Å²) >= 11 is 0. The second-order valence-corrected chi connectivity index (χ2v) is 12.5. The van der Waals surface area contributed by atoms with E-state index in [2.05, 4.69) is 26.1 Å². The van der Waals surface area contributed by atoms with Crippen LogP contribution in [0.1, 0.15) is 53.2 Å². The Bertz CT molecular complexity index is 1540. The fourth-order valence-corrected chi connectivity index (χ4v) is 5.88. The van der Waals surface area contributed by atoms with Gasteiger partial charge in [0.15, 0.2) is 9.84 Å². The van der Waals surface area contributed by atoms with Crippen molar-refractivity contribution in [2.24, 2.45) is 0 Å². The first-order valence-electron chi connectivity index (χ1n) is 13.7. The van der Waals surface area contributed by atoms with Crippen LogP contribution in [0.25, 0.3) is 0 Å². The molecule has 0 saturated carbocycles. The molecule has 1 aliphatic rings. The monoisotopic (exact) mass is 613 g/mol. The van der Waals surface area contributed by atoms with Crippen molar-refractivity contribution in [2.45, 2.75) is 63.3 Å². The zero-order chi connectivity index (χ0) is 31.1. The maximum Gasteiger partial charge on any atom is 0.345 e. The van der Waals surface area contributed by atoms with Gasteiger partial charge in [-0.05, 0) is 55.8 Å². The lowest BCUT2D eigenvalue weighted by molar-refractivity contribution is -0.131. The highest BCUT2D eigenvalue weighted by Crippen LogP contribution is 2.29. The van der Waals surface area contributed by atoms with E-state index in [1.54, 1.807) is 56.3 Å². The molecule has 3 aromatic rings. The molecule has 2 heterocycles. The van der Waals surface area contributed by atoms with E-state index in [4.69, 9.17) is 4.74 Å². The van der Waals surface area contributed by atoms with Gasteiger partial charge in [-0.2, -0.15) is 19.0 Å². The first kappa shape index (κ1) is 31.8. The molecule has 1 fully saturated rings. The summed E-state index contributed by atoms with van der Waals surface area (Å²) in [4.78, 5) is 23.7. The highest BCUT2D eigenvalue weighted by Gasteiger charge is 2.35. The predicted molar refractivity (Wildman–Crippen MR) is 155 cm³/mol. The lowest BCUT2D eigenvalue weighted by Gasteiger charge is -2.26. The molecule has 0 bridgehead atoms. The smallest absolute Gasteiger partial charge is 0.345 e. The molecule has 43 heavy (non-hydrogen) atoms. The number of hydrogen-bond donors (Lipinski definition) is 1. The average molecular weight is 614 g/mol. The molecule has 1 aliphatic heterocycles. The van der Waals surface area contributed by atoms with E-state index in [0.717, 1.165) is 5.69 Å². The lowest BCUT2D eigenvalue weighted by atomic mass is 10.0. The summed E-state index contributed by atoms with van der Waals surface area (Å²) in [5.74, 6) is 0.514. The zero-order valence-electron chi connectivity index (χ0n) is 24.0. The summed E-state index contributed by atoms with van der Waals surface area (Å²) in [6, 6.07) is 15.5. The molecule has 1 aromatic heterocycles. The number of alkyl halides is 2. The van der Waals surface area contributed by atoms with Crippen LogP contribution in [0.3, 0.4) is 0 Å². The standard InChI is InChI=1S/C30H33F2N5O5S/c1-4-43(39,40)26-11-7-21(8-12-26)27(13-14-33)36-29(38)22-5-9-23(10-6-22)37-17-25(16-24(37)18-41-30(31)32)42-28-15-19(2)34-20(3)35-28/h5-12,15,24-25,27,30H,4,13,16-18H2,1-3H3,(H,36,38)/t24-,25+,27-/m0/s1. The number of aromatic nitrogens is 2. The van der Waals surface area contributed by atoms with Gasteiger partial charge in [-0.25, -0.2) is 13.4 Å². The van der Waals surface area contributed by atoms with Crippen LogP contribution in [-0.2, 0) is 14.6 Å². The maximum absolute atomic E-state index is 13.1. The Morgan fingerprint density at radius 1 is 1.14 bits per heavy atom. The fourth-order valence-electron chi connectivity index (χ4n) is 4.99. The number of aryl methyl sites for hydroxylation is 2. The van der Waals surface area contributed by atoms with Crippen LogP contribution in [0, 0.1) is 25.2 Å². The highest BCUT2D eigenvalue weighted by molar-refractivity contribution is 7.91. The number of benzene rings is 2. The molecule has 10 nitrogen and oxygen atoms in total. The molecule has 4 rings (SSSR count). The Hall–Kier alpha value is -4.15. The van der Waals surface area contributed by atoms with Crippen molar-refractivity contribution in [3.05, 3.63) is 77.2 Å². The van der Waals surface area contributed by atoms with Gasteiger partial charge in [0.2, 0.25) is 5.88 Å². The number of hydrogen-bond acceptors (Lipinski definition) is 9. The number of anilines is 1. The molecule has 0 radical (unpaired) electrons. The van der Waals surface area contributed by atoms with Crippen molar-refractivity contribution in [3.8, 4) is 11.9 Å². The van der Waals surface area contributed by atoms with Crippen LogP contribution in [0.5, 0.6) is 5.88 Å². The number of sulfone groups is 1. The number of nitrogens with one attached hydrogen (secondary N) is 1. The van der Waals surface area contributed by atoms with Gasteiger partial charge < -0.3 is 19.7 Å². The number of halogens is 2. The normalized spacial score (nSPS) is 17.5. The quantitative estimate of drug-likeness (QED) is 0.312. The Balaban J connectivity index is 1.47. The summed E-state index contributed by atoms with van der Waals surface area (Å²) in [6.45, 7) is 2.42. The van der Waals surface area contributed by atoms with Gasteiger partial charge in [0.05, 0.1) is 48.4 Å². The highest BCUT2D eigenvalue weighted by atomic mass is 32.2. The summed E-state index contributed by atoms with van der Waals surface area (Å²) in [7, 11) is -3.38. The van der Waals surface area contributed by atoms with Crippen molar-refractivity contribution in [2.75, 3.05) is 23.8 Å². The molecule has 13 heteroatoms. The number of carbonyl (C=O) groups is 1. The Labute approximate surface area is 249 Å². The predicted octanol–water partition coefficient (Wildman–Crippen LogP) is 4.54. The minimum atomic E-state index is -3.38. The molecule has 0 aliphatic carbocycles. The third kappa shape index (κ3) is 8.24. The van der Waals surface area contributed by atoms with Crippen molar-refractivity contribution in [3.63, 3.8) is 0 Å². The zero-order valence-corrected chi connectivity index (χ0v) is 24.9. The molecular weight excluding hydrogens is 580 g/mol. The largest absolute Gasteiger partial charge is 0.472 e. The number of nitrogens with zero attached hydrogens (tertiary/aromatic N) is 4. The molecule has 228 valence electrons. The van der Waals surface area contributed by atoms with E-state index in [0.29, 0.717) is 41.5 Å². The fraction of sp³-hybridized carbons (Fsp3) is 0.400. The van der Waals surface area contributed by atoms with Crippen LogP contribution in [0.2, 0.25) is 0 Å². The van der Waals surface area contributed by atoms with E-state index in [1.807, 2.05) is 11.8 Å². The molecular formula is C30H33F2N5O5S. The molecule has 0 spiro atoms. The van der Waals surface area contributed by atoms with Crippen LogP contribution in [-0.4, -0.2) is 62.0 Å². The number of ether oxygens (including phenoxy) is 2. The summed E-state index contributed by atoms with van der Waals surface area (Å²) in [5, 5.41) is 12.2. The minimum absolute atomic E-state index is 0.0178. The number of nitriles is 1. The third-order valence-corrected chi connectivity index (χ3v) is 8.85. The SMILES string of the molecule is CCS(=O)(=O)c1ccc([C@H](CC#N)NC(=O)c2ccc(N3C[C@H](Oc4cc(C)nc(C)n4)C[C@H]3COC(F)F)cc2)cc1. The first-order chi connectivity index (χ1) is 20.5.